The van der Waals surface area contributed by atoms with E-state index < -0.39 is 0 Å². The van der Waals surface area contributed by atoms with E-state index in [0.29, 0.717) is 23.1 Å². The van der Waals surface area contributed by atoms with Crippen LogP contribution in [-0.2, 0) is 0 Å². The Balaban J connectivity index is 1.49. The zero-order chi connectivity index (χ0) is 19.2. The molecule has 0 atom stereocenters. The molecule has 7 heteroatoms. The minimum absolute atomic E-state index is 0.0853. The molecule has 1 aliphatic carbocycles. The van der Waals surface area contributed by atoms with E-state index in [9.17, 15) is 4.79 Å². The Bertz CT molecular complexity index is 819. The van der Waals surface area contributed by atoms with Gasteiger partial charge in [-0.25, -0.2) is 4.98 Å². The molecular formula is C20H24N6O. The summed E-state index contributed by atoms with van der Waals surface area (Å²) in [5, 5.41) is 15.3. The third-order valence-electron chi connectivity index (χ3n) is 4.77. The van der Waals surface area contributed by atoms with E-state index in [0.717, 1.165) is 31.5 Å². The number of benzene rings is 1. The van der Waals surface area contributed by atoms with Crippen molar-refractivity contribution in [3.05, 3.63) is 47.7 Å². The van der Waals surface area contributed by atoms with Gasteiger partial charge in [-0.05, 0) is 56.0 Å². The summed E-state index contributed by atoms with van der Waals surface area (Å²) in [5.74, 6) is 1.43. The smallest absolute Gasteiger partial charge is 0.251 e. The Hall–Kier alpha value is -3.14. The van der Waals surface area contributed by atoms with Crippen LogP contribution in [0.4, 0.5) is 11.8 Å². The van der Waals surface area contributed by atoms with E-state index in [1.54, 1.807) is 30.5 Å². The number of carbonyl (C=O) groups is 1. The van der Waals surface area contributed by atoms with Gasteiger partial charge in [-0.15, -0.1) is 0 Å². The molecule has 0 unspecified atom stereocenters. The lowest BCUT2D eigenvalue weighted by Gasteiger charge is -2.29. The van der Waals surface area contributed by atoms with E-state index in [2.05, 4.69) is 26.7 Å². The van der Waals surface area contributed by atoms with E-state index in [4.69, 9.17) is 5.26 Å². The molecule has 1 aliphatic rings. The van der Waals surface area contributed by atoms with Crippen LogP contribution in [0.3, 0.4) is 0 Å². The maximum Gasteiger partial charge on any atom is 0.251 e. The zero-order valence-corrected chi connectivity index (χ0v) is 15.6. The van der Waals surface area contributed by atoms with Crippen LogP contribution in [0, 0.1) is 11.3 Å². The lowest BCUT2D eigenvalue weighted by Crippen LogP contribution is -2.40. The van der Waals surface area contributed by atoms with Crippen LogP contribution in [-0.4, -0.2) is 42.1 Å². The Labute approximate surface area is 159 Å². The molecule has 140 valence electrons. The number of anilines is 2. The average Bonchev–Trinajstić information content (AvgIpc) is 2.69. The molecule has 1 heterocycles. The molecule has 1 fully saturated rings. The molecule has 1 amide bonds. The predicted octanol–water partition coefficient (Wildman–Crippen LogP) is 2.57. The number of aromatic nitrogens is 2. The highest BCUT2D eigenvalue weighted by atomic mass is 16.1. The minimum atomic E-state index is -0.0853. The number of hydrogen-bond donors (Lipinski definition) is 2. The second-order valence-corrected chi connectivity index (χ2v) is 6.99. The van der Waals surface area contributed by atoms with Crippen molar-refractivity contribution in [2.24, 2.45) is 0 Å². The first kappa shape index (κ1) is 18.6. The van der Waals surface area contributed by atoms with Crippen LogP contribution >= 0.6 is 0 Å². The highest BCUT2D eigenvalue weighted by molar-refractivity contribution is 5.94. The molecule has 0 spiro atoms. The first-order chi connectivity index (χ1) is 13.0. The van der Waals surface area contributed by atoms with Crippen molar-refractivity contribution in [2.75, 3.05) is 24.3 Å². The minimum Gasteiger partial charge on any atom is -0.363 e. The number of nitrogens with one attached hydrogen (secondary N) is 2. The average molecular weight is 364 g/mol. The summed E-state index contributed by atoms with van der Waals surface area (Å²) < 4.78 is 0. The molecule has 3 rings (SSSR count). The van der Waals surface area contributed by atoms with E-state index in [-0.39, 0.29) is 11.9 Å². The molecule has 0 saturated heterocycles. The lowest BCUT2D eigenvalue weighted by molar-refractivity contribution is 0.0926. The van der Waals surface area contributed by atoms with Gasteiger partial charge in [0, 0.05) is 37.9 Å². The number of amides is 1. The van der Waals surface area contributed by atoms with E-state index in [1.807, 2.05) is 25.1 Å². The normalized spacial score (nSPS) is 19.0. The van der Waals surface area contributed by atoms with Gasteiger partial charge in [-0.2, -0.15) is 10.2 Å². The van der Waals surface area contributed by atoms with Gasteiger partial charge < -0.3 is 15.5 Å². The van der Waals surface area contributed by atoms with Crippen LogP contribution < -0.4 is 15.5 Å². The molecular weight excluding hydrogens is 340 g/mol. The molecule has 2 N–H and O–H groups in total. The summed E-state index contributed by atoms with van der Waals surface area (Å²) in [5.41, 5.74) is 1.14. The van der Waals surface area contributed by atoms with Gasteiger partial charge in [0.1, 0.15) is 5.82 Å². The van der Waals surface area contributed by atoms with Gasteiger partial charge in [0.2, 0.25) is 5.95 Å². The van der Waals surface area contributed by atoms with Gasteiger partial charge in [-0.1, -0.05) is 0 Å². The summed E-state index contributed by atoms with van der Waals surface area (Å²) in [6, 6.07) is 11.1. The van der Waals surface area contributed by atoms with Gasteiger partial charge >= 0.3 is 0 Å². The molecule has 0 aliphatic heterocycles. The van der Waals surface area contributed by atoms with Crippen LogP contribution in [0.25, 0.3) is 0 Å². The Kier molecular flexibility index (Phi) is 5.87. The van der Waals surface area contributed by atoms with E-state index in [1.165, 1.54) is 0 Å². The second-order valence-electron chi connectivity index (χ2n) is 6.99. The highest BCUT2D eigenvalue weighted by Gasteiger charge is 2.23. The van der Waals surface area contributed by atoms with Crippen LogP contribution in [0.1, 0.15) is 41.6 Å². The fourth-order valence-corrected chi connectivity index (χ4v) is 3.20. The van der Waals surface area contributed by atoms with Crippen molar-refractivity contribution in [1.29, 1.82) is 5.26 Å². The van der Waals surface area contributed by atoms with Crippen molar-refractivity contribution in [3.8, 4) is 6.07 Å². The molecule has 1 saturated carbocycles. The molecule has 1 aromatic carbocycles. The third kappa shape index (κ3) is 4.94. The maximum atomic E-state index is 12.4. The van der Waals surface area contributed by atoms with Crippen molar-refractivity contribution >= 4 is 17.7 Å². The van der Waals surface area contributed by atoms with Gasteiger partial charge in [0.05, 0.1) is 11.6 Å². The molecule has 7 nitrogen and oxygen atoms in total. The van der Waals surface area contributed by atoms with Crippen molar-refractivity contribution in [3.63, 3.8) is 0 Å². The largest absolute Gasteiger partial charge is 0.363 e. The molecule has 1 aromatic heterocycles. The highest BCUT2D eigenvalue weighted by Crippen LogP contribution is 2.22. The lowest BCUT2D eigenvalue weighted by atomic mass is 9.91. The maximum absolute atomic E-state index is 12.4. The Morgan fingerprint density at radius 3 is 2.41 bits per heavy atom. The summed E-state index contributed by atoms with van der Waals surface area (Å²) in [4.78, 5) is 23.1. The Morgan fingerprint density at radius 2 is 1.78 bits per heavy atom. The number of carbonyl (C=O) groups excluding carboxylic acids is 1. The summed E-state index contributed by atoms with van der Waals surface area (Å²) >= 11 is 0. The molecule has 27 heavy (non-hydrogen) atoms. The number of nitrogens with zero attached hydrogens (tertiary/aromatic N) is 4. The SMILES string of the molecule is CN(C)c1ccnc(N[C@H]2CC[C@@H](NC(=O)c3ccc(C#N)cc3)CC2)n1. The van der Waals surface area contributed by atoms with E-state index >= 15 is 0 Å². The van der Waals surface area contributed by atoms with Crippen molar-refractivity contribution in [2.45, 2.75) is 37.8 Å². The Morgan fingerprint density at radius 1 is 1.11 bits per heavy atom. The van der Waals surface area contributed by atoms with Crippen molar-refractivity contribution < 1.29 is 4.79 Å². The fourth-order valence-electron chi connectivity index (χ4n) is 3.20. The van der Waals surface area contributed by atoms with Crippen LogP contribution in [0.5, 0.6) is 0 Å². The standard InChI is InChI=1S/C20H24N6O/c1-26(2)18-11-12-22-20(25-18)24-17-9-7-16(8-10-17)23-19(27)15-5-3-14(13-21)4-6-15/h3-6,11-12,16-17H,7-10H2,1-2H3,(H,23,27)(H,22,24,25)/t16-,17+. The summed E-state index contributed by atoms with van der Waals surface area (Å²) in [6.07, 6.45) is 5.48. The van der Waals surface area contributed by atoms with Crippen LogP contribution in [0.2, 0.25) is 0 Å². The third-order valence-corrected chi connectivity index (χ3v) is 4.77. The molecule has 0 radical (unpaired) electrons. The quantitative estimate of drug-likeness (QED) is 0.847. The molecule has 2 aromatic rings. The number of nitriles is 1. The monoisotopic (exact) mass is 364 g/mol. The van der Waals surface area contributed by atoms with Gasteiger partial charge in [-0.3, -0.25) is 4.79 Å². The second kappa shape index (κ2) is 8.49. The zero-order valence-electron chi connectivity index (χ0n) is 15.6. The topological polar surface area (TPSA) is 93.9 Å². The summed E-state index contributed by atoms with van der Waals surface area (Å²) in [6.45, 7) is 0. The number of rotatable bonds is 5. The predicted molar refractivity (Wildman–Crippen MR) is 105 cm³/mol. The van der Waals surface area contributed by atoms with Crippen LogP contribution in [0.15, 0.2) is 36.5 Å². The first-order valence-electron chi connectivity index (χ1n) is 9.13. The van der Waals surface area contributed by atoms with Gasteiger partial charge in [0.15, 0.2) is 0 Å². The number of hydrogen-bond acceptors (Lipinski definition) is 6. The van der Waals surface area contributed by atoms with Crippen molar-refractivity contribution in [1.82, 2.24) is 15.3 Å². The first-order valence-corrected chi connectivity index (χ1v) is 9.13. The van der Waals surface area contributed by atoms with Gasteiger partial charge in [0.25, 0.3) is 5.91 Å². The summed E-state index contributed by atoms with van der Waals surface area (Å²) in [7, 11) is 3.90. The molecule has 0 bridgehead atoms. The fraction of sp³-hybridized carbons (Fsp3) is 0.400.